The van der Waals surface area contributed by atoms with E-state index in [0.29, 0.717) is 17.0 Å². The van der Waals surface area contributed by atoms with Gasteiger partial charge in [-0.2, -0.15) is 0 Å². The number of nitro benzene ring substituents is 1. The van der Waals surface area contributed by atoms with Crippen molar-refractivity contribution in [2.75, 3.05) is 0 Å². The van der Waals surface area contributed by atoms with Crippen LogP contribution in [0.4, 0.5) is 5.69 Å². The third-order valence-corrected chi connectivity index (χ3v) is 3.63. The van der Waals surface area contributed by atoms with Crippen molar-refractivity contribution in [1.29, 1.82) is 0 Å². The van der Waals surface area contributed by atoms with Gasteiger partial charge in [0.15, 0.2) is 18.0 Å². The molecule has 2 heterocycles. The number of aromatic nitrogens is 2. The lowest BCUT2D eigenvalue weighted by Gasteiger charge is -1.98. The van der Waals surface area contributed by atoms with Crippen molar-refractivity contribution in [3.8, 4) is 11.5 Å². The van der Waals surface area contributed by atoms with Crippen molar-refractivity contribution in [3.63, 3.8) is 0 Å². The van der Waals surface area contributed by atoms with Crippen molar-refractivity contribution in [2.45, 2.75) is 19.9 Å². The molecule has 0 N–H and O–H groups in total. The molecule has 0 amide bonds. The molecule has 0 saturated heterocycles. The third-order valence-electron chi connectivity index (χ3n) is 3.20. The minimum Gasteiger partial charge on any atom is -1.00 e. The number of nitrogens with zero attached hydrogens (tertiary/aromatic N) is 3. The predicted molar refractivity (Wildman–Crippen MR) is 84.3 cm³/mol. The van der Waals surface area contributed by atoms with Crippen LogP contribution in [-0.4, -0.2) is 9.91 Å². The van der Waals surface area contributed by atoms with Crippen LogP contribution in [0.3, 0.4) is 0 Å². The average Bonchev–Trinajstić information content (AvgIpc) is 2.89. The second-order valence-corrected chi connectivity index (χ2v) is 5.82. The molecule has 0 aliphatic carbocycles. The Morgan fingerprint density at radius 3 is 2.83 bits per heavy atom. The van der Waals surface area contributed by atoms with Gasteiger partial charge in [-0.15, -0.1) is 0 Å². The highest BCUT2D eigenvalue weighted by molar-refractivity contribution is 9.10. The van der Waals surface area contributed by atoms with Gasteiger partial charge in [0.05, 0.1) is 15.5 Å². The molecule has 23 heavy (non-hydrogen) atoms. The van der Waals surface area contributed by atoms with Crippen LogP contribution in [0, 0.1) is 10.1 Å². The van der Waals surface area contributed by atoms with Gasteiger partial charge in [-0.1, -0.05) is 6.92 Å². The quantitative estimate of drug-likeness (QED) is 0.236. The zero-order valence-corrected chi connectivity index (χ0v) is 15.9. The Hall–Kier alpha value is -1.55. The molecule has 0 spiro atoms. The van der Waals surface area contributed by atoms with E-state index in [9.17, 15) is 10.1 Å². The zero-order chi connectivity index (χ0) is 15.7. The lowest BCUT2D eigenvalue weighted by atomic mass is 10.3. The molecule has 8 heteroatoms. The summed E-state index contributed by atoms with van der Waals surface area (Å²) in [5.74, 6) is 0.446. The van der Waals surface area contributed by atoms with E-state index in [1.54, 1.807) is 6.07 Å². The summed E-state index contributed by atoms with van der Waals surface area (Å²) in [5, 5.41) is 10.8. The van der Waals surface area contributed by atoms with Crippen molar-refractivity contribution >= 4 is 32.7 Å². The summed E-state index contributed by atoms with van der Waals surface area (Å²) < 4.78 is 8.66. The number of pyridine rings is 1. The molecule has 0 unspecified atom stereocenters. The van der Waals surface area contributed by atoms with Crippen LogP contribution in [0.25, 0.3) is 22.6 Å². The van der Waals surface area contributed by atoms with Crippen LogP contribution in [-0.2, 0) is 6.54 Å². The standard InChI is InChI=1S/C15H13BrN3O3.HI/c1-2-5-18-8-10(6-11(16)9-18)15-17-13-4-3-12(19(20)21)7-14(13)22-15;/h3-4,6-9H,2,5H2,1H3;1H/q+1;/p-1. The lowest BCUT2D eigenvalue weighted by Crippen LogP contribution is -3.00. The monoisotopic (exact) mass is 489 g/mol. The van der Waals surface area contributed by atoms with Crippen molar-refractivity contribution in [1.82, 2.24) is 4.98 Å². The lowest BCUT2D eigenvalue weighted by molar-refractivity contribution is -0.697. The normalized spacial score (nSPS) is 10.5. The second-order valence-electron chi connectivity index (χ2n) is 4.91. The molecule has 0 atom stereocenters. The Bertz CT molecular complexity index is 866. The Kier molecular flexibility index (Phi) is 5.69. The molecule has 0 aliphatic rings. The van der Waals surface area contributed by atoms with Gasteiger partial charge in [-0.25, -0.2) is 9.55 Å². The van der Waals surface area contributed by atoms with E-state index in [0.717, 1.165) is 23.0 Å². The predicted octanol–water partition coefficient (Wildman–Crippen LogP) is 0.867. The van der Waals surface area contributed by atoms with E-state index in [-0.39, 0.29) is 29.7 Å². The van der Waals surface area contributed by atoms with Crippen LogP contribution in [0.5, 0.6) is 0 Å². The summed E-state index contributed by atoms with van der Waals surface area (Å²) in [6, 6.07) is 6.32. The number of oxazole rings is 1. The fraction of sp³-hybridized carbons (Fsp3) is 0.200. The molecule has 3 aromatic rings. The Morgan fingerprint density at radius 1 is 1.35 bits per heavy atom. The van der Waals surface area contributed by atoms with Gasteiger partial charge < -0.3 is 28.4 Å². The highest BCUT2D eigenvalue weighted by Crippen LogP contribution is 2.27. The van der Waals surface area contributed by atoms with Crippen LogP contribution in [0.2, 0.25) is 0 Å². The highest BCUT2D eigenvalue weighted by Gasteiger charge is 2.16. The SMILES string of the molecule is CCC[n+]1cc(Br)cc(-c2nc3ccc([N+](=O)[O-])cc3o2)c1.[I-]. The van der Waals surface area contributed by atoms with Crippen LogP contribution in [0.1, 0.15) is 13.3 Å². The van der Waals surface area contributed by atoms with Gasteiger partial charge >= 0.3 is 0 Å². The molecule has 0 bridgehead atoms. The topological polar surface area (TPSA) is 73.0 Å². The van der Waals surface area contributed by atoms with E-state index < -0.39 is 4.92 Å². The number of aryl methyl sites for hydroxylation is 1. The van der Waals surface area contributed by atoms with E-state index in [4.69, 9.17) is 4.42 Å². The largest absolute Gasteiger partial charge is 1.00 e. The number of hydrogen-bond donors (Lipinski definition) is 0. The minimum atomic E-state index is -0.448. The molecule has 2 aromatic heterocycles. The molecule has 0 fully saturated rings. The summed E-state index contributed by atoms with van der Waals surface area (Å²) in [6.07, 6.45) is 4.95. The van der Waals surface area contributed by atoms with Gasteiger partial charge in [-0.3, -0.25) is 10.1 Å². The molecule has 0 radical (unpaired) electrons. The fourth-order valence-corrected chi connectivity index (χ4v) is 2.76. The van der Waals surface area contributed by atoms with Gasteiger partial charge in [0.2, 0.25) is 5.89 Å². The summed E-state index contributed by atoms with van der Waals surface area (Å²) in [6.45, 7) is 2.99. The van der Waals surface area contributed by atoms with Crippen LogP contribution in [0.15, 0.2) is 45.5 Å². The number of nitro groups is 1. The molecule has 120 valence electrons. The fourth-order valence-electron chi connectivity index (χ4n) is 2.25. The molecule has 3 rings (SSSR count). The second kappa shape index (κ2) is 7.35. The summed E-state index contributed by atoms with van der Waals surface area (Å²) in [5.41, 5.74) is 1.82. The summed E-state index contributed by atoms with van der Waals surface area (Å²) >= 11 is 3.48. The highest BCUT2D eigenvalue weighted by atomic mass is 127. The molecule has 6 nitrogen and oxygen atoms in total. The maximum atomic E-state index is 10.8. The molecular formula is C15H13BrIN3O3. The number of halogens is 2. The van der Waals surface area contributed by atoms with Gasteiger partial charge in [0, 0.05) is 12.5 Å². The zero-order valence-electron chi connectivity index (χ0n) is 12.2. The number of benzene rings is 1. The molecule has 0 aliphatic heterocycles. The minimum absolute atomic E-state index is 0. The van der Waals surface area contributed by atoms with Gasteiger partial charge in [0.1, 0.15) is 17.6 Å². The maximum absolute atomic E-state index is 10.8. The Labute approximate surface area is 157 Å². The Balaban J connectivity index is 0.00000192. The van der Waals surface area contributed by atoms with Crippen LogP contribution >= 0.6 is 15.9 Å². The number of hydrogen-bond acceptors (Lipinski definition) is 4. The number of fused-ring (bicyclic) bond motifs is 1. The molecule has 1 aromatic carbocycles. The van der Waals surface area contributed by atoms with Gasteiger partial charge in [0.25, 0.3) is 5.69 Å². The van der Waals surface area contributed by atoms with Gasteiger partial charge in [-0.05, 0) is 28.1 Å². The number of non-ortho nitro benzene ring substituents is 1. The summed E-state index contributed by atoms with van der Waals surface area (Å²) in [4.78, 5) is 14.8. The van der Waals surface area contributed by atoms with Crippen LogP contribution < -0.4 is 28.5 Å². The molecular weight excluding hydrogens is 477 g/mol. The third kappa shape index (κ3) is 3.86. The Morgan fingerprint density at radius 2 is 2.13 bits per heavy atom. The first-order valence-electron chi connectivity index (χ1n) is 6.82. The smallest absolute Gasteiger partial charge is 0.273 e. The molecule has 0 saturated carbocycles. The van der Waals surface area contributed by atoms with E-state index in [2.05, 4.69) is 32.4 Å². The first-order chi connectivity index (χ1) is 10.6. The van der Waals surface area contributed by atoms with E-state index in [1.165, 1.54) is 12.1 Å². The van der Waals surface area contributed by atoms with Crippen molar-refractivity contribution in [2.24, 2.45) is 0 Å². The van der Waals surface area contributed by atoms with Crippen molar-refractivity contribution < 1.29 is 37.9 Å². The summed E-state index contributed by atoms with van der Waals surface area (Å²) in [7, 11) is 0. The van der Waals surface area contributed by atoms with E-state index in [1.807, 2.05) is 18.5 Å². The first kappa shape index (κ1) is 17.8. The maximum Gasteiger partial charge on any atom is 0.273 e. The first-order valence-corrected chi connectivity index (χ1v) is 7.61. The number of rotatable bonds is 4. The average molecular weight is 490 g/mol. The van der Waals surface area contributed by atoms with E-state index >= 15 is 0 Å². The van der Waals surface area contributed by atoms with Crippen molar-refractivity contribution in [3.05, 3.63) is 51.2 Å².